The van der Waals surface area contributed by atoms with Crippen LogP contribution in [0.5, 0.6) is 0 Å². The zero-order valence-corrected chi connectivity index (χ0v) is 23.0. The first kappa shape index (κ1) is 30.2. The van der Waals surface area contributed by atoms with Crippen LogP contribution in [-0.4, -0.2) is 58.7 Å². The number of nitrogens with zero attached hydrogens (tertiary/aromatic N) is 1. The number of carbonyl (C=O) groups excluding carboxylic acids is 1. The summed E-state index contributed by atoms with van der Waals surface area (Å²) < 4.78 is 93.2. The van der Waals surface area contributed by atoms with Crippen LogP contribution in [-0.2, 0) is 35.2 Å². The van der Waals surface area contributed by atoms with E-state index in [1.54, 1.807) is 0 Å². The third-order valence-electron chi connectivity index (χ3n) is 4.07. The van der Waals surface area contributed by atoms with E-state index in [1.807, 2.05) is 0 Å². The summed E-state index contributed by atoms with van der Waals surface area (Å²) in [6.45, 7) is 1.21. The van der Waals surface area contributed by atoms with Crippen molar-refractivity contribution in [2.24, 2.45) is 0 Å². The van der Waals surface area contributed by atoms with E-state index in [4.69, 9.17) is 0 Å². The summed E-state index contributed by atoms with van der Waals surface area (Å²) in [7, 11) is -11.0. The summed E-state index contributed by atoms with van der Waals surface area (Å²) in [4.78, 5) is 9.98. The average Bonchev–Trinajstić information content (AvgIpc) is 2.65. The van der Waals surface area contributed by atoms with Crippen molar-refractivity contribution >= 4 is 59.9 Å². The van der Waals surface area contributed by atoms with E-state index in [-0.39, 0.29) is 52.1 Å². The van der Waals surface area contributed by atoms with E-state index in [0.717, 1.165) is 28.6 Å². The largest absolute Gasteiger partial charge is 1.00 e. The van der Waals surface area contributed by atoms with Gasteiger partial charge in [0.2, 0.25) is 5.91 Å². The molecule has 0 spiro atoms. The first-order valence-electron chi connectivity index (χ1n) is 8.90. The van der Waals surface area contributed by atoms with Crippen LogP contribution in [0.3, 0.4) is 0 Å². The quantitative estimate of drug-likeness (QED) is 0.175. The molecule has 0 fully saturated rings. The van der Waals surface area contributed by atoms with E-state index in [9.17, 15) is 39.2 Å². The van der Waals surface area contributed by atoms with Crippen LogP contribution >= 0.6 is 0 Å². The van der Waals surface area contributed by atoms with E-state index < -0.39 is 46.1 Å². The molecule has 34 heavy (non-hydrogen) atoms. The maximum atomic E-state index is 12.0. The van der Waals surface area contributed by atoms with Crippen molar-refractivity contribution in [2.75, 3.05) is 24.1 Å². The molecule has 0 atom stereocenters. The van der Waals surface area contributed by atoms with E-state index >= 15 is 0 Å². The summed E-state index contributed by atoms with van der Waals surface area (Å²) in [5, 5.41) is 2.37. The van der Waals surface area contributed by atoms with Crippen LogP contribution < -0.4 is 39.6 Å². The van der Waals surface area contributed by atoms with E-state index in [0.29, 0.717) is 0 Å². The Morgan fingerprint density at radius 3 is 1.62 bits per heavy atom. The van der Waals surface area contributed by atoms with Gasteiger partial charge in [0, 0.05) is 26.7 Å². The van der Waals surface area contributed by atoms with Crippen molar-refractivity contribution < 1.29 is 68.7 Å². The molecule has 16 heteroatoms. The maximum Gasteiger partial charge on any atom is 1.00 e. The van der Waals surface area contributed by atoms with Crippen LogP contribution in [0.1, 0.15) is 18.1 Å². The number of carbonyl (C=O) groups is 1. The molecule has 2 aromatic rings. The molecule has 0 heterocycles. The Balaban J connectivity index is 0.00000578. The van der Waals surface area contributed by atoms with Gasteiger partial charge in [0.15, 0.2) is 0 Å². The molecule has 180 valence electrons. The third kappa shape index (κ3) is 8.14. The summed E-state index contributed by atoms with van der Waals surface area (Å²) in [6, 6.07) is 6.94. The fourth-order valence-corrected chi connectivity index (χ4v) is 4.58. The molecule has 2 rings (SSSR count). The van der Waals surface area contributed by atoms with Gasteiger partial charge in [-0.1, -0.05) is 24.3 Å². The molecule has 0 aliphatic rings. The second-order valence-electron chi connectivity index (χ2n) is 6.86. The molecular weight excluding hydrogens is 521 g/mol. The normalized spacial score (nSPS) is 12.4. The first-order chi connectivity index (χ1) is 15.0. The molecule has 12 nitrogen and oxygen atoms in total. The molecule has 0 bridgehead atoms. The smallest absolute Gasteiger partial charge is 0.326 e. The number of benzene rings is 2. The molecule has 4 N–H and O–H groups in total. The molecule has 0 saturated carbocycles. The Morgan fingerprint density at radius 1 is 0.824 bits per heavy atom. The van der Waals surface area contributed by atoms with Crippen molar-refractivity contribution in [1.82, 2.24) is 4.31 Å². The van der Waals surface area contributed by atoms with Gasteiger partial charge in [-0.2, -0.15) is 29.6 Å². The number of nitrogens with one attached hydrogen (secondary N) is 2. The maximum absolute atomic E-state index is 12.0. The molecule has 0 aromatic heterocycles. The van der Waals surface area contributed by atoms with Crippen LogP contribution in [0.2, 0.25) is 0 Å². The predicted molar refractivity (Wildman–Crippen MR) is 122 cm³/mol. The Bertz CT molecular complexity index is 1440. The number of amides is 1. The van der Waals surface area contributed by atoms with Gasteiger partial charge >= 0.3 is 39.8 Å². The monoisotopic (exact) mass is 542 g/mol. The van der Waals surface area contributed by atoms with Gasteiger partial charge in [0.05, 0.1) is 5.69 Å². The van der Waals surface area contributed by atoms with Crippen molar-refractivity contribution in [3.05, 3.63) is 47.5 Å². The van der Waals surface area contributed by atoms with Crippen LogP contribution in [0, 0.1) is 0 Å². The molecule has 0 aliphatic heterocycles. The van der Waals surface area contributed by atoms with Gasteiger partial charge < -0.3 is 5.32 Å². The minimum absolute atomic E-state index is 0. The first-order valence-corrected chi connectivity index (χ1v) is 13.2. The van der Waals surface area contributed by atoms with Gasteiger partial charge in [-0.3, -0.25) is 18.6 Å². The minimum Gasteiger partial charge on any atom is -0.326 e. The molecule has 2 aromatic carbocycles. The number of rotatable bonds is 8. The van der Waals surface area contributed by atoms with Crippen LogP contribution in [0.25, 0.3) is 12.2 Å². The minimum atomic E-state index is -4.81. The van der Waals surface area contributed by atoms with Gasteiger partial charge in [0.1, 0.15) is 9.79 Å². The van der Waals surface area contributed by atoms with Crippen molar-refractivity contribution in [1.29, 1.82) is 0 Å². The second kappa shape index (κ2) is 11.3. The summed E-state index contributed by atoms with van der Waals surface area (Å²) >= 11 is 0. The van der Waals surface area contributed by atoms with Crippen molar-refractivity contribution in [3.63, 3.8) is 0 Å². The second-order valence-corrected chi connectivity index (χ2v) is 11.5. The number of hydrogen-bond donors (Lipinski definition) is 4. The van der Waals surface area contributed by atoms with E-state index in [1.165, 1.54) is 45.3 Å². The number of anilines is 2. The molecule has 0 radical (unpaired) electrons. The Hall–Kier alpha value is -1.82. The van der Waals surface area contributed by atoms with Gasteiger partial charge in [-0.25, -0.2) is 0 Å². The Labute approximate surface area is 220 Å². The topological polar surface area (TPSA) is 187 Å². The fourth-order valence-electron chi connectivity index (χ4n) is 2.56. The summed E-state index contributed by atoms with van der Waals surface area (Å²) in [5.74, 6) is -0.470. The fraction of sp³-hybridized carbons (Fsp3) is 0.167. The molecule has 0 unspecified atom stereocenters. The molecule has 1 amide bonds. The van der Waals surface area contributed by atoms with Gasteiger partial charge in [-0.15, -0.1) is 0 Å². The Morgan fingerprint density at radius 2 is 1.24 bits per heavy atom. The average molecular weight is 543 g/mol. The molecular formula is C18H21N3NaO9S3+. The zero-order chi connectivity index (χ0) is 25.2. The zero-order valence-electron chi connectivity index (χ0n) is 18.5. The predicted octanol–water partition coefficient (Wildman–Crippen LogP) is -1.47. The van der Waals surface area contributed by atoms with Gasteiger partial charge in [-0.05, 0) is 35.4 Å². The summed E-state index contributed by atoms with van der Waals surface area (Å²) in [6.07, 6.45) is 2.31. The van der Waals surface area contributed by atoms with Crippen molar-refractivity contribution in [3.8, 4) is 0 Å². The van der Waals surface area contributed by atoms with Gasteiger partial charge in [0.25, 0.3) is 20.2 Å². The third-order valence-corrected chi connectivity index (χ3v) is 7.35. The van der Waals surface area contributed by atoms with Crippen LogP contribution in [0.4, 0.5) is 11.4 Å². The standard InChI is InChI=1S/C18H21N3O9S3.Na/c1-12(22)19-15-8-6-13(17(10-15)31(23,24)25)4-5-14-7-9-16(11-18(14)32(26,27)28)20-33(29,30)21(2)3;/h4-11,20H,1-3H3,(H,19,22)(H,23,24,25)(H,26,27,28);/q;+1/b5-4+;. The molecule has 0 aliphatic carbocycles. The summed E-state index contributed by atoms with van der Waals surface area (Å²) in [5.41, 5.74) is -0.196. The van der Waals surface area contributed by atoms with Crippen LogP contribution in [0.15, 0.2) is 46.2 Å². The Kier molecular flexibility index (Phi) is 10.0. The molecule has 0 saturated heterocycles. The SMILES string of the molecule is CC(=O)Nc1ccc(/C=C/c2ccc(NS(=O)(=O)N(C)C)cc2S(=O)(=O)O)c(S(=O)(=O)O)c1.[Na+]. The number of hydrogen-bond acceptors (Lipinski definition) is 7. The van der Waals surface area contributed by atoms with Crippen molar-refractivity contribution in [2.45, 2.75) is 16.7 Å². The van der Waals surface area contributed by atoms with E-state index in [2.05, 4.69) is 10.0 Å².